The molecule has 3 aromatic rings. The number of aromatic nitrogens is 1. The molecule has 0 spiro atoms. The molecule has 66 valence electrons. The summed E-state index contributed by atoms with van der Waals surface area (Å²) in [5.41, 5.74) is 2.42. The number of benzene rings is 2. The van der Waals surface area contributed by atoms with E-state index in [1.54, 1.807) is 0 Å². The summed E-state index contributed by atoms with van der Waals surface area (Å²) < 4.78 is 0. The molecule has 0 aliphatic heterocycles. The summed E-state index contributed by atoms with van der Waals surface area (Å²) in [7, 11) is 0. The normalized spacial score (nSPS) is 10.3. The average molecular weight is 307 g/mol. The van der Waals surface area contributed by atoms with Gasteiger partial charge in [0.15, 0.2) is 0 Å². The number of hydrogen-bond acceptors (Lipinski definition) is 0. The maximum Gasteiger partial charge on any atom is 0.0464 e. The second-order valence-electron chi connectivity index (χ2n) is 3.22. The van der Waals surface area contributed by atoms with Gasteiger partial charge in [-0.1, -0.05) is 36.4 Å². The van der Waals surface area contributed by atoms with Crippen molar-refractivity contribution in [1.82, 2.24) is 4.98 Å². The summed E-state index contributed by atoms with van der Waals surface area (Å²) in [6, 6.07) is 16.8. The number of hydrogen-bond donors (Lipinski definition) is 1. The minimum atomic E-state index is 0. The molecule has 1 aromatic heterocycles. The van der Waals surface area contributed by atoms with Crippen LogP contribution in [0.4, 0.5) is 0 Å². The Balaban J connectivity index is 0.000000750. The van der Waals surface area contributed by atoms with E-state index in [1.807, 2.05) is 0 Å². The molecule has 1 N–H and O–H groups in total. The average Bonchev–Trinajstić information content (AvgIpc) is 2.56. The third-order valence-corrected chi connectivity index (χ3v) is 2.41. The molecule has 0 unspecified atom stereocenters. The summed E-state index contributed by atoms with van der Waals surface area (Å²) in [5, 5.41) is 2.61. The van der Waals surface area contributed by atoms with Gasteiger partial charge in [0.2, 0.25) is 0 Å². The van der Waals surface area contributed by atoms with Crippen molar-refractivity contribution in [2.75, 3.05) is 0 Å². The summed E-state index contributed by atoms with van der Waals surface area (Å²) >= 11 is 0. The third kappa shape index (κ3) is 1.55. The number of rotatable bonds is 0. The Morgan fingerprint density at radius 3 is 1.57 bits per heavy atom. The van der Waals surface area contributed by atoms with Gasteiger partial charge >= 0.3 is 48.9 Å². The van der Waals surface area contributed by atoms with Crippen molar-refractivity contribution >= 4 is 70.7 Å². The van der Waals surface area contributed by atoms with Crippen LogP contribution < -0.4 is 0 Å². The van der Waals surface area contributed by atoms with Crippen LogP contribution >= 0.6 is 0 Å². The second-order valence-corrected chi connectivity index (χ2v) is 3.22. The molecule has 2 aromatic carbocycles. The predicted molar refractivity (Wildman–Crippen MR) is 64.3 cm³/mol. The van der Waals surface area contributed by atoms with E-state index in [2.05, 4.69) is 53.5 Å². The molecule has 1 heterocycles. The van der Waals surface area contributed by atoms with Crippen molar-refractivity contribution in [3.63, 3.8) is 0 Å². The fraction of sp³-hybridized carbons (Fsp3) is 0. The third-order valence-electron chi connectivity index (χ3n) is 2.41. The number of fused-ring (bicyclic) bond motifs is 3. The van der Waals surface area contributed by atoms with Crippen LogP contribution in [0.2, 0.25) is 0 Å². The SMILES string of the molecule is [BaH2].c1ccc2c(c1)[nH]c1ccccc12. The molecule has 0 radical (unpaired) electrons. The van der Waals surface area contributed by atoms with Crippen molar-refractivity contribution in [2.24, 2.45) is 0 Å². The summed E-state index contributed by atoms with van der Waals surface area (Å²) in [6.07, 6.45) is 0. The van der Waals surface area contributed by atoms with Crippen LogP contribution in [-0.4, -0.2) is 53.9 Å². The number of aromatic amines is 1. The zero-order valence-corrected chi connectivity index (χ0v) is 7.12. The Morgan fingerprint density at radius 1 is 0.643 bits per heavy atom. The maximum absolute atomic E-state index is 3.38. The van der Waals surface area contributed by atoms with E-state index in [1.165, 1.54) is 21.8 Å². The van der Waals surface area contributed by atoms with Gasteiger partial charge in [-0.25, -0.2) is 0 Å². The largest absolute Gasteiger partial charge is 0.355 e. The molecule has 3 rings (SSSR count). The predicted octanol–water partition coefficient (Wildman–Crippen LogP) is 2.40. The Bertz CT molecular complexity index is 518. The van der Waals surface area contributed by atoms with E-state index < -0.39 is 0 Å². The van der Waals surface area contributed by atoms with Crippen molar-refractivity contribution in [3.05, 3.63) is 48.5 Å². The second kappa shape index (κ2) is 4.13. The van der Waals surface area contributed by atoms with Gasteiger partial charge in [-0.15, -0.1) is 0 Å². The Kier molecular flexibility index (Phi) is 3.05. The van der Waals surface area contributed by atoms with Crippen LogP contribution in [-0.2, 0) is 0 Å². The first-order chi connectivity index (χ1) is 6.45. The summed E-state index contributed by atoms with van der Waals surface area (Å²) in [5.74, 6) is 0. The summed E-state index contributed by atoms with van der Waals surface area (Å²) in [6.45, 7) is 0. The molecular formula is C12H11BaN. The monoisotopic (exact) mass is 307 g/mol. The van der Waals surface area contributed by atoms with Crippen molar-refractivity contribution in [1.29, 1.82) is 0 Å². The number of para-hydroxylation sites is 2. The maximum atomic E-state index is 3.38. The van der Waals surface area contributed by atoms with Crippen LogP contribution in [0.1, 0.15) is 0 Å². The topological polar surface area (TPSA) is 15.8 Å². The van der Waals surface area contributed by atoms with Gasteiger partial charge in [-0.3, -0.25) is 0 Å². The molecule has 1 nitrogen and oxygen atoms in total. The molecular weight excluding hydrogens is 295 g/mol. The van der Waals surface area contributed by atoms with E-state index in [0.717, 1.165) is 0 Å². The molecule has 0 aliphatic carbocycles. The Morgan fingerprint density at radius 2 is 1.07 bits per heavy atom. The fourth-order valence-electron chi connectivity index (χ4n) is 1.80. The van der Waals surface area contributed by atoms with Crippen LogP contribution in [0, 0.1) is 0 Å². The van der Waals surface area contributed by atoms with Gasteiger partial charge in [0, 0.05) is 21.8 Å². The first kappa shape index (κ1) is 10.3. The Labute approximate surface area is 123 Å². The van der Waals surface area contributed by atoms with Crippen LogP contribution in [0.15, 0.2) is 48.5 Å². The molecule has 14 heavy (non-hydrogen) atoms. The van der Waals surface area contributed by atoms with Crippen molar-refractivity contribution in [3.8, 4) is 0 Å². The van der Waals surface area contributed by atoms with Gasteiger partial charge in [-0.2, -0.15) is 0 Å². The smallest absolute Gasteiger partial charge is 0.0464 e. The van der Waals surface area contributed by atoms with E-state index in [9.17, 15) is 0 Å². The van der Waals surface area contributed by atoms with Gasteiger partial charge in [0.1, 0.15) is 0 Å². The first-order valence-electron chi connectivity index (χ1n) is 4.40. The quantitative estimate of drug-likeness (QED) is 0.614. The van der Waals surface area contributed by atoms with Crippen LogP contribution in [0.5, 0.6) is 0 Å². The Hall–Kier alpha value is -0.189. The molecule has 0 saturated carbocycles. The van der Waals surface area contributed by atoms with E-state index >= 15 is 0 Å². The zero-order valence-electron chi connectivity index (χ0n) is 7.12. The molecule has 2 heteroatoms. The van der Waals surface area contributed by atoms with E-state index in [-0.39, 0.29) is 48.9 Å². The molecule has 0 aliphatic rings. The zero-order chi connectivity index (χ0) is 8.67. The molecule has 0 fully saturated rings. The molecule has 0 atom stereocenters. The van der Waals surface area contributed by atoms with Gasteiger partial charge in [-0.05, 0) is 12.1 Å². The van der Waals surface area contributed by atoms with Crippen LogP contribution in [0.3, 0.4) is 0 Å². The van der Waals surface area contributed by atoms with Crippen molar-refractivity contribution < 1.29 is 0 Å². The minimum absolute atomic E-state index is 0. The van der Waals surface area contributed by atoms with Gasteiger partial charge < -0.3 is 4.98 Å². The minimum Gasteiger partial charge on any atom is -0.355 e. The fourth-order valence-corrected chi connectivity index (χ4v) is 1.80. The van der Waals surface area contributed by atoms with Gasteiger partial charge in [0.05, 0.1) is 0 Å². The van der Waals surface area contributed by atoms with E-state index in [4.69, 9.17) is 0 Å². The standard InChI is InChI=1S/C12H9N.Ba.2H/c1-3-7-11-9(5-1)10-6-2-4-8-12(10)13-11;;;/h1-8,13H;;;. The molecule has 0 bridgehead atoms. The molecule has 0 saturated heterocycles. The summed E-state index contributed by atoms with van der Waals surface area (Å²) in [4.78, 5) is 3.38. The number of H-pyrrole nitrogens is 1. The first-order valence-corrected chi connectivity index (χ1v) is 4.40. The number of nitrogens with one attached hydrogen (secondary N) is 1. The molecule has 0 amide bonds. The van der Waals surface area contributed by atoms with E-state index in [0.29, 0.717) is 0 Å². The van der Waals surface area contributed by atoms with Crippen LogP contribution in [0.25, 0.3) is 21.8 Å². The van der Waals surface area contributed by atoms with Crippen molar-refractivity contribution in [2.45, 2.75) is 0 Å². The van der Waals surface area contributed by atoms with Gasteiger partial charge in [0.25, 0.3) is 0 Å².